The molecule has 1 aromatic heterocycles. The number of para-hydroxylation sites is 1. The van der Waals surface area contributed by atoms with Crippen LogP contribution in [0.5, 0.6) is 0 Å². The van der Waals surface area contributed by atoms with Crippen molar-refractivity contribution >= 4 is 17.4 Å². The molecule has 200 valence electrons. The SMILES string of the molecule is CCCCCCCCCCCCCCCCc1ccc(N(C(N)=O)c2ccccc2-c2nn[nH]n2)cc1. The first-order chi connectivity index (χ1) is 18.2. The standard InChI is InChI=1S/C30H44N6O/c1-2-3-4-5-6-7-8-9-10-11-12-13-14-15-18-25-21-23-26(24-22-25)36(30(31)37)28-20-17-16-19-27(28)29-32-34-35-33-29/h16-17,19-24H,2-15,18H2,1H3,(H2,31,37)(H,32,33,34,35). The number of anilines is 2. The minimum absolute atomic E-state index is 0.413. The first-order valence-corrected chi connectivity index (χ1v) is 14.2. The number of nitrogens with one attached hydrogen (secondary N) is 1. The second-order valence-electron chi connectivity index (χ2n) is 9.94. The molecule has 0 bridgehead atoms. The molecule has 1 heterocycles. The highest BCUT2D eigenvalue weighted by Crippen LogP contribution is 2.33. The van der Waals surface area contributed by atoms with E-state index in [0.29, 0.717) is 22.8 Å². The van der Waals surface area contributed by atoms with Gasteiger partial charge in [-0.25, -0.2) is 4.79 Å². The van der Waals surface area contributed by atoms with E-state index in [4.69, 9.17) is 5.73 Å². The van der Waals surface area contributed by atoms with Crippen molar-refractivity contribution in [2.75, 3.05) is 4.90 Å². The molecule has 0 fully saturated rings. The number of aryl methyl sites for hydroxylation is 1. The smallest absolute Gasteiger partial charge is 0.323 e. The predicted molar refractivity (Wildman–Crippen MR) is 152 cm³/mol. The van der Waals surface area contributed by atoms with Gasteiger partial charge in [-0.1, -0.05) is 115 Å². The minimum atomic E-state index is -0.560. The van der Waals surface area contributed by atoms with Gasteiger partial charge in [0.2, 0.25) is 5.82 Å². The molecule has 7 heteroatoms. The van der Waals surface area contributed by atoms with Crippen LogP contribution in [0.3, 0.4) is 0 Å². The Morgan fingerprint density at radius 2 is 1.35 bits per heavy atom. The maximum Gasteiger partial charge on any atom is 0.323 e. The average Bonchev–Trinajstić information content (AvgIpc) is 3.45. The van der Waals surface area contributed by atoms with Gasteiger partial charge in [0.05, 0.1) is 11.4 Å². The zero-order chi connectivity index (χ0) is 26.1. The van der Waals surface area contributed by atoms with E-state index in [0.717, 1.165) is 6.42 Å². The summed E-state index contributed by atoms with van der Waals surface area (Å²) in [6.45, 7) is 2.28. The third-order valence-corrected chi connectivity index (χ3v) is 6.97. The largest absolute Gasteiger partial charge is 0.351 e. The van der Waals surface area contributed by atoms with E-state index in [1.54, 1.807) is 0 Å². The van der Waals surface area contributed by atoms with Gasteiger partial charge in [0, 0.05) is 5.56 Å². The number of hydrogen-bond acceptors (Lipinski definition) is 4. The number of benzene rings is 2. The van der Waals surface area contributed by atoms with Crippen molar-refractivity contribution in [1.82, 2.24) is 20.6 Å². The number of nitrogens with zero attached hydrogens (tertiary/aromatic N) is 4. The summed E-state index contributed by atoms with van der Waals surface area (Å²) in [6.07, 6.45) is 20.2. The summed E-state index contributed by atoms with van der Waals surface area (Å²) in [4.78, 5) is 13.9. The molecule has 0 aliphatic carbocycles. The number of aromatic nitrogens is 4. The van der Waals surface area contributed by atoms with Crippen LogP contribution in [0, 0.1) is 0 Å². The molecular formula is C30H44N6O. The maximum absolute atomic E-state index is 12.4. The Labute approximate surface area is 222 Å². The predicted octanol–water partition coefficient (Wildman–Crippen LogP) is 8.11. The van der Waals surface area contributed by atoms with Gasteiger partial charge in [0.25, 0.3) is 0 Å². The van der Waals surface area contributed by atoms with Crippen LogP contribution in [-0.2, 0) is 6.42 Å². The lowest BCUT2D eigenvalue weighted by molar-refractivity contribution is 0.256. The summed E-state index contributed by atoms with van der Waals surface area (Å²) in [5.74, 6) is 0.413. The Balaban J connectivity index is 1.36. The molecule has 2 amide bonds. The van der Waals surface area contributed by atoms with Gasteiger partial charge in [0.1, 0.15) is 0 Å². The van der Waals surface area contributed by atoms with Crippen molar-refractivity contribution in [3.8, 4) is 11.4 Å². The number of tetrazole rings is 1. The molecule has 7 nitrogen and oxygen atoms in total. The molecule has 0 spiro atoms. The lowest BCUT2D eigenvalue weighted by Crippen LogP contribution is -2.31. The number of H-pyrrole nitrogens is 1. The number of nitrogens with two attached hydrogens (primary N) is 1. The number of aromatic amines is 1. The third kappa shape index (κ3) is 9.63. The maximum atomic E-state index is 12.4. The van der Waals surface area contributed by atoms with Crippen LogP contribution in [0.25, 0.3) is 11.4 Å². The van der Waals surface area contributed by atoms with Gasteiger partial charge in [-0.3, -0.25) is 4.90 Å². The topological polar surface area (TPSA) is 101 Å². The fraction of sp³-hybridized carbons (Fsp3) is 0.533. The molecule has 0 atom stereocenters. The zero-order valence-corrected chi connectivity index (χ0v) is 22.5. The molecule has 0 unspecified atom stereocenters. The fourth-order valence-electron chi connectivity index (χ4n) is 4.85. The number of primary amides is 1. The highest BCUT2D eigenvalue weighted by Gasteiger charge is 2.20. The number of rotatable bonds is 18. The van der Waals surface area contributed by atoms with Gasteiger partial charge in [-0.15, -0.1) is 10.2 Å². The Morgan fingerprint density at radius 1 is 0.784 bits per heavy atom. The quantitative estimate of drug-likeness (QED) is 0.171. The minimum Gasteiger partial charge on any atom is -0.351 e. The number of hydrogen-bond donors (Lipinski definition) is 2. The van der Waals surface area contributed by atoms with Crippen LogP contribution in [-0.4, -0.2) is 26.7 Å². The number of amides is 2. The molecular weight excluding hydrogens is 460 g/mol. The lowest BCUT2D eigenvalue weighted by atomic mass is 10.0. The van der Waals surface area contributed by atoms with E-state index < -0.39 is 6.03 Å². The summed E-state index contributed by atoms with van der Waals surface area (Å²) in [6, 6.07) is 14.9. The fourth-order valence-corrected chi connectivity index (χ4v) is 4.85. The van der Waals surface area contributed by atoms with Crippen LogP contribution >= 0.6 is 0 Å². The molecule has 3 N–H and O–H groups in total. The van der Waals surface area contributed by atoms with E-state index in [-0.39, 0.29) is 0 Å². The van der Waals surface area contributed by atoms with Crippen molar-refractivity contribution in [3.05, 3.63) is 54.1 Å². The number of carbonyl (C=O) groups excluding carboxylic acids is 1. The average molecular weight is 505 g/mol. The molecule has 0 aliphatic rings. The molecule has 3 rings (SSSR count). The Morgan fingerprint density at radius 3 is 1.89 bits per heavy atom. The number of urea groups is 1. The molecule has 2 aromatic carbocycles. The highest BCUT2D eigenvalue weighted by molar-refractivity contribution is 6.01. The van der Waals surface area contributed by atoms with Crippen molar-refractivity contribution in [1.29, 1.82) is 0 Å². The molecule has 0 saturated carbocycles. The van der Waals surface area contributed by atoms with Crippen LogP contribution < -0.4 is 10.6 Å². The Bertz CT molecular complexity index is 1020. The number of unbranched alkanes of at least 4 members (excludes halogenated alkanes) is 13. The molecule has 0 saturated heterocycles. The summed E-state index contributed by atoms with van der Waals surface area (Å²) >= 11 is 0. The van der Waals surface area contributed by atoms with Crippen LogP contribution in [0.15, 0.2) is 48.5 Å². The van der Waals surface area contributed by atoms with E-state index >= 15 is 0 Å². The van der Waals surface area contributed by atoms with Crippen molar-refractivity contribution < 1.29 is 4.79 Å². The Kier molecular flexibility index (Phi) is 12.7. The van der Waals surface area contributed by atoms with Crippen LogP contribution in [0.4, 0.5) is 16.2 Å². The summed E-state index contributed by atoms with van der Waals surface area (Å²) in [5.41, 5.74) is 9.07. The first-order valence-electron chi connectivity index (χ1n) is 14.2. The normalized spacial score (nSPS) is 11.1. The Hall–Kier alpha value is -3.22. The third-order valence-electron chi connectivity index (χ3n) is 6.97. The molecule has 3 aromatic rings. The molecule has 0 radical (unpaired) electrons. The van der Waals surface area contributed by atoms with E-state index in [1.807, 2.05) is 36.4 Å². The van der Waals surface area contributed by atoms with Gasteiger partial charge in [-0.05, 0) is 47.9 Å². The van der Waals surface area contributed by atoms with Crippen molar-refractivity contribution in [3.63, 3.8) is 0 Å². The van der Waals surface area contributed by atoms with Gasteiger partial charge in [0.15, 0.2) is 0 Å². The highest BCUT2D eigenvalue weighted by atomic mass is 16.2. The van der Waals surface area contributed by atoms with E-state index in [9.17, 15) is 4.79 Å². The van der Waals surface area contributed by atoms with Crippen LogP contribution in [0.2, 0.25) is 0 Å². The first kappa shape index (κ1) is 28.4. The van der Waals surface area contributed by atoms with E-state index in [1.165, 1.54) is 100 Å². The summed E-state index contributed by atoms with van der Waals surface area (Å²) in [5, 5.41) is 14.2. The lowest BCUT2D eigenvalue weighted by Gasteiger charge is -2.23. The zero-order valence-electron chi connectivity index (χ0n) is 22.5. The second kappa shape index (κ2) is 16.5. The van der Waals surface area contributed by atoms with Crippen LogP contribution in [0.1, 0.15) is 102 Å². The van der Waals surface area contributed by atoms with E-state index in [2.05, 4.69) is 39.7 Å². The molecule has 0 aliphatic heterocycles. The summed E-state index contributed by atoms with van der Waals surface area (Å²) in [7, 11) is 0. The molecule has 37 heavy (non-hydrogen) atoms. The van der Waals surface area contributed by atoms with Crippen molar-refractivity contribution in [2.24, 2.45) is 5.73 Å². The van der Waals surface area contributed by atoms with Gasteiger partial charge >= 0.3 is 6.03 Å². The number of carbonyl (C=O) groups is 1. The van der Waals surface area contributed by atoms with Gasteiger partial charge in [-0.2, -0.15) is 5.21 Å². The van der Waals surface area contributed by atoms with Gasteiger partial charge < -0.3 is 5.73 Å². The monoisotopic (exact) mass is 504 g/mol. The van der Waals surface area contributed by atoms with Crippen molar-refractivity contribution in [2.45, 2.75) is 103 Å². The second-order valence-corrected chi connectivity index (χ2v) is 9.94. The summed E-state index contributed by atoms with van der Waals surface area (Å²) < 4.78 is 0.